The first-order valence-electron chi connectivity index (χ1n) is 5.32. The van der Waals surface area contributed by atoms with Gasteiger partial charge < -0.3 is 0 Å². The standard InChI is InChI=1S/C14H15F/c1-4-12-13(15)6-5-11-8-9(2)7-10(3)14(11)12/h5-8H,4H2,1-3H3. The van der Waals surface area contributed by atoms with E-state index in [2.05, 4.69) is 19.1 Å². The molecule has 1 heteroatoms. The van der Waals surface area contributed by atoms with Gasteiger partial charge in [0.05, 0.1) is 0 Å². The Balaban J connectivity index is 2.91. The maximum atomic E-state index is 13.6. The van der Waals surface area contributed by atoms with Gasteiger partial charge in [-0.2, -0.15) is 0 Å². The van der Waals surface area contributed by atoms with Gasteiger partial charge >= 0.3 is 0 Å². The van der Waals surface area contributed by atoms with Crippen molar-refractivity contribution in [3.05, 3.63) is 46.8 Å². The average molecular weight is 202 g/mol. The van der Waals surface area contributed by atoms with Crippen molar-refractivity contribution >= 4 is 10.8 Å². The number of hydrogen-bond donors (Lipinski definition) is 0. The minimum Gasteiger partial charge on any atom is -0.207 e. The van der Waals surface area contributed by atoms with Crippen molar-refractivity contribution in [1.82, 2.24) is 0 Å². The second kappa shape index (κ2) is 3.65. The van der Waals surface area contributed by atoms with Crippen LogP contribution in [0.5, 0.6) is 0 Å². The van der Waals surface area contributed by atoms with E-state index in [1.54, 1.807) is 6.07 Å². The highest BCUT2D eigenvalue weighted by Gasteiger charge is 2.08. The Bertz CT molecular complexity index is 512. The molecule has 0 saturated carbocycles. The molecule has 0 N–H and O–H groups in total. The molecular formula is C14H15F. The van der Waals surface area contributed by atoms with Gasteiger partial charge in [0.15, 0.2) is 0 Å². The molecule has 0 fully saturated rings. The molecule has 0 nitrogen and oxygen atoms in total. The molecule has 0 aliphatic rings. The SMILES string of the molecule is CCc1c(F)ccc2cc(C)cc(C)c12. The smallest absolute Gasteiger partial charge is 0.127 e. The number of halogens is 1. The van der Waals surface area contributed by atoms with Crippen LogP contribution in [0.1, 0.15) is 23.6 Å². The van der Waals surface area contributed by atoms with Gasteiger partial charge in [-0.3, -0.25) is 0 Å². The Hall–Kier alpha value is -1.37. The summed E-state index contributed by atoms with van der Waals surface area (Å²) in [4.78, 5) is 0. The van der Waals surface area contributed by atoms with Crippen LogP contribution in [-0.4, -0.2) is 0 Å². The zero-order valence-electron chi connectivity index (χ0n) is 9.39. The lowest BCUT2D eigenvalue weighted by atomic mass is 9.96. The largest absolute Gasteiger partial charge is 0.207 e. The summed E-state index contributed by atoms with van der Waals surface area (Å²) in [5.74, 6) is -0.0862. The van der Waals surface area contributed by atoms with E-state index in [0.29, 0.717) is 0 Å². The van der Waals surface area contributed by atoms with Crippen LogP contribution in [0.25, 0.3) is 10.8 Å². The summed E-state index contributed by atoms with van der Waals surface area (Å²) in [6.07, 6.45) is 0.743. The molecule has 2 aromatic carbocycles. The first-order chi connectivity index (χ1) is 7.13. The van der Waals surface area contributed by atoms with Crippen molar-refractivity contribution in [2.75, 3.05) is 0 Å². The monoisotopic (exact) mass is 202 g/mol. The van der Waals surface area contributed by atoms with Crippen LogP contribution in [0.2, 0.25) is 0 Å². The maximum absolute atomic E-state index is 13.6. The molecular weight excluding hydrogens is 187 g/mol. The Kier molecular flexibility index (Phi) is 2.47. The highest BCUT2D eigenvalue weighted by Crippen LogP contribution is 2.26. The zero-order valence-corrected chi connectivity index (χ0v) is 9.39. The molecule has 0 aromatic heterocycles. The molecule has 0 atom stereocenters. The lowest BCUT2D eigenvalue weighted by Gasteiger charge is -2.10. The lowest BCUT2D eigenvalue weighted by Crippen LogP contribution is -1.93. The van der Waals surface area contributed by atoms with Crippen LogP contribution in [-0.2, 0) is 6.42 Å². The minimum atomic E-state index is -0.0862. The van der Waals surface area contributed by atoms with Crippen molar-refractivity contribution in [3.8, 4) is 0 Å². The third-order valence-electron chi connectivity index (χ3n) is 2.86. The molecule has 2 aromatic rings. The fraction of sp³-hybridized carbons (Fsp3) is 0.286. The van der Waals surface area contributed by atoms with Gasteiger partial charge in [0.25, 0.3) is 0 Å². The number of benzene rings is 2. The molecule has 0 amide bonds. The van der Waals surface area contributed by atoms with Crippen LogP contribution >= 0.6 is 0 Å². The van der Waals surface area contributed by atoms with Gasteiger partial charge in [0.2, 0.25) is 0 Å². The molecule has 0 spiro atoms. The summed E-state index contributed by atoms with van der Waals surface area (Å²) >= 11 is 0. The first kappa shape index (κ1) is 10.2. The molecule has 0 aliphatic carbocycles. The Morgan fingerprint density at radius 1 is 1.13 bits per heavy atom. The maximum Gasteiger partial charge on any atom is 0.127 e. The van der Waals surface area contributed by atoms with E-state index in [-0.39, 0.29) is 5.82 Å². The van der Waals surface area contributed by atoms with E-state index < -0.39 is 0 Å². The third-order valence-corrected chi connectivity index (χ3v) is 2.86. The average Bonchev–Trinajstić information content (AvgIpc) is 2.18. The first-order valence-corrected chi connectivity index (χ1v) is 5.32. The van der Waals surface area contributed by atoms with Gasteiger partial charge in [-0.25, -0.2) is 4.39 Å². The minimum absolute atomic E-state index is 0.0862. The molecule has 0 bridgehead atoms. The molecule has 2 rings (SSSR count). The number of rotatable bonds is 1. The fourth-order valence-electron chi connectivity index (χ4n) is 2.27. The summed E-state index contributed by atoms with van der Waals surface area (Å²) in [5, 5.41) is 2.23. The van der Waals surface area contributed by atoms with Crippen molar-refractivity contribution in [2.45, 2.75) is 27.2 Å². The Morgan fingerprint density at radius 3 is 2.53 bits per heavy atom. The van der Waals surface area contributed by atoms with E-state index >= 15 is 0 Å². The number of fused-ring (bicyclic) bond motifs is 1. The molecule has 0 radical (unpaired) electrons. The molecule has 0 heterocycles. The number of hydrogen-bond acceptors (Lipinski definition) is 0. The van der Waals surface area contributed by atoms with Crippen LogP contribution in [0.15, 0.2) is 24.3 Å². The van der Waals surface area contributed by atoms with E-state index in [9.17, 15) is 4.39 Å². The van der Waals surface area contributed by atoms with Crippen molar-refractivity contribution in [2.24, 2.45) is 0 Å². The summed E-state index contributed by atoms with van der Waals surface area (Å²) in [7, 11) is 0. The van der Waals surface area contributed by atoms with E-state index in [1.165, 1.54) is 11.1 Å². The highest BCUT2D eigenvalue weighted by molar-refractivity contribution is 5.89. The van der Waals surface area contributed by atoms with E-state index in [1.807, 2.05) is 19.9 Å². The Morgan fingerprint density at radius 2 is 1.87 bits per heavy atom. The second-order valence-electron chi connectivity index (χ2n) is 4.06. The molecule has 78 valence electrons. The van der Waals surface area contributed by atoms with Crippen LogP contribution in [0.3, 0.4) is 0 Å². The summed E-state index contributed by atoms with van der Waals surface area (Å²) in [6.45, 7) is 6.12. The van der Waals surface area contributed by atoms with Gasteiger partial charge in [-0.05, 0) is 48.2 Å². The second-order valence-corrected chi connectivity index (χ2v) is 4.06. The lowest BCUT2D eigenvalue weighted by molar-refractivity contribution is 0.615. The van der Waals surface area contributed by atoms with Gasteiger partial charge in [-0.1, -0.05) is 30.7 Å². The summed E-state index contributed by atoms with van der Waals surface area (Å²) < 4.78 is 13.6. The molecule has 15 heavy (non-hydrogen) atoms. The Labute approximate surface area is 89.7 Å². The quantitative estimate of drug-likeness (QED) is 0.651. The summed E-state index contributed by atoms with van der Waals surface area (Å²) in [5.41, 5.74) is 3.24. The highest BCUT2D eigenvalue weighted by atomic mass is 19.1. The molecule has 0 aliphatic heterocycles. The van der Waals surface area contributed by atoms with Gasteiger partial charge in [0.1, 0.15) is 5.82 Å². The van der Waals surface area contributed by atoms with Crippen LogP contribution in [0.4, 0.5) is 4.39 Å². The predicted molar refractivity (Wildman–Crippen MR) is 62.8 cm³/mol. The van der Waals surface area contributed by atoms with Crippen molar-refractivity contribution < 1.29 is 4.39 Å². The van der Waals surface area contributed by atoms with E-state index in [0.717, 1.165) is 22.8 Å². The van der Waals surface area contributed by atoms with Gasteiger partial charge in [0, 0.05) is 0 Å². The third kappa shape index (κ3) is 1.63. The number of aryl methyl sites for hydroxylation is 3. The fourth-order valence-corrected chi connectivity index (χ4v) is 2.27. The van der Waals surface area contributed by atoms with E-state index in [4.69, 9.17) is 0 Å². The zero-order chi connectivity index (χ0) is 11.0. The predicted octanol–water partition coefficient (Wildman–Crippen LogP) is 4.16. The summed E-state index contributed by atoms with van der Waals surface area (Å²) in [6, 6.07) is 7.66. The van der Waals surface area contributed by atoms with Gasteiger partial charge in [-0.15, -0.1) is 0 Å². The topological polar surface area (TPSA) is 0 Å². The van der Waals surface area contributed by atoms with Crippen molar-refractivity contribution in [1.29, 1.82) is 0 Å². The molecule has 0 saturated heterocycles. The van der Waals surface area contributed by atoms with Crippen LogP contribution < -0.4 is 0 Å². The van der Waals surface area contributed by atoms with Crippen molar-refractivity contribution in [3.63, 3.8) is 0 Å². The molecule has 0 unspecified atom stereocenters. The van der Waals surface area contributed by atoms with Crippen LogP contribution in [0, 0.1) is 19.7 Å². The normalized spacial score (nSPS) is 10.9.